The highest BCUT2D eigenvalue weighted by molar-refractivity contribution is 5.94. The molecule has 0 spiro atoms. The lowest BCUT2D eigenvalue weighted by Crippen LogP contribution is -2.36. The van der Waals surface area contributed by atoms with E-state index in [1.54, 1.807) is 29.2 Å². The summed E-state index contributed by atoms with van der Waals surface area (Å²) in [4.78, 5) is 26.4. The summed E-state index contributed by atoms with van der Waals surface area (Å²) in [6.45, 7) is 3.12. The van der Waals surface area contributed by atoms with Gasteiger partial charge in [-0.2, -0.15) is 5.10 Å². The maximum atomic E-state index is 12.1. The zero-order chi connectivity index (χ0) is 20.8. The number of nitrogens with zero attached hydrogens (tertiary/aromatic N) is 3. The molecule has 1 N–H and O–H groups in total. The summed E-state index contributed by atoms with van der Waals surface area (Å²) in [5, 5.41) is 6.79. The summed E-state index contributed by atoms with van der Waals surface area (Å²) in [7, 11) is 0. The average Bonchev–Trinajstić information content (AvgIpc) is 3.46. The van der Waals surface area contributed by atoms with Crippen molar-refractivity contribution >= 4 is 23.3 Å². The Morgan fingerprint density at radius 1 is 1.10 bits per heavy atom. The molecule has 1 aliphatic rings. The molecule has 9 heteroatoms. The third kappa shape index (κ3) is 5.06. The zero-order valence-electron chi connectivity index (χ0n) is 16.3. The van der Waals surface area contributed by atoms with Crippen LogP contribution in [0.2, 0.25) is 0 Å². The lowest BCUT2D eigenvalue weighted by molar-refractivity contribution is -0.119. The number of benzene rings is 1. The van der Waals surface area contributed by atoms with E-state index in [1.165, 1.54) is 6.07 Å². The maximum Gasteiger partial charge on any atom is 0.374 e. The van der Waals surface area contributed by atoms with E-state index in [0.29, 0.717) is 31.2 Å². The number of ether oxygens (including phenoxy) is 2. The van der Waals surface area contributed by atoms with E-state index in [9.17, 15) is 9.59 Å². The molecule has 0 radical (unpaired) electrons. The predicted octanol–water partition coefficient (Wildman–Crippen LogP) is 2.16. The van der Waals surface area contributed by atoms with Crippen molar-refractivity contribution in [2.45, 2.75) is 6.54 Å². The molecule has 156 valence electrons. The number of hydrogen-bond donors (Lipinski definition) is 1. The number of anilines is 2. The van der Waals surface area contributed by atoms with E-state index in [2.05, 4.69) is 15.3 Å². The van der Waals surface area contributed by atoms with Gasteiger partial charge < -0.3 is 24.1 Å². The monoisotopic (exact) mass is 410 g/mol. The normalized spacial score (nSPS) is 13.8. The number of furan rings is 1. The fourth-order valence-corrected chi connectivity index (χ4v) is 3.10. The molecule has 2 aromatic heterocycles. The van der Waals surface area contributed by atoms with Gasteiger partial charge in [-0.25, -0.2) is 4.79 Å². The van der Waals surface area contributed by atoms with Crippen molar-refractivity contribution in [2.75, 3.05) is 43.1 Å². The highest BCUT2D eigenvalue weighted by Crippen LogP contribution is 2.19. The molecule has 1 aliphatic heterocycles. The number of aromatic nitrogens is 2. The van der Waals surface area contributed by atoms with Crippen LogP contribution in [0, 0.1) is 0 Å². The van der Waals surface area contributed by atoms with Gasteiger partial charge in [0.1, 0.15) is 5.76 Å². The summed E-state index contributed by atoms with van der Waals surface area (Å²) in [5.41, 5.74) is 1.71. The number of nitrogens with one attached hydrogen (secondary N) is 1. The Kier molecular flexibility index (Phi) is 6.09. The van der Waals surface area contributed by atoms with Crippen LogP contribution >= 0.6 is 0 Å². The lowest BCUT2D eigenvalue weighted by atomic mass is 10.2. The second-order valence-corrected chi connectivity index (χ2v) is 6.74. The van der Waals surface area contributed by atoms with Crippen molar-refractivity contribution in [3.8, 4) is 0 Å². The van der Waals surface area contributed by atoms with Crippen LogP contribution in [0.3, 0.4) is 0 Å². The summed E-state index contributed by atoms with van der Waals surface area (Å²) >= 11 is 0. The van der Waals surface area contributed by atoms with Gasteiger partial charge in [0.25, 0.3) is 5.91 Å². The van der Waals surface area contributed by atoms with Crippen LogP contribution < -0.4 is 10.2 Å². The molecule has 3 aromatic rings. The SMILES string of the molecule is O=C(COC(=O)c1ccc(Cn2cccn2)o1)Nc1ccc(N2CCOCC2)cc1. The molecule has 0 aliphatic carbocycles. The number of rotatable bonds is 7. The van der Waals surface area contributed by atoms with Crippen molar-refractivity contribution in [1.29, 1.82) is 0 Å². The van der Waals surface area contributed by atoms with E-state index >= 15 is 0 Å². The average molecular weight is 410 g/mol. The van der Waals surface area contributed by atoms with Crippen molar-refractivity contribution < 1.29 is 23.5 Å². The minimum Gasteiger partial charge on any atom is -0.452 e. The first-order chi connectivity index (χ1) is 14.7. The highest BCUT2D eigenvalue weighted by Gasteiger charge is 2.15. The molecular formula is C21H22N4O5. The molecular weight excluding hydrogens is 388 g/mol. The Morgan fingerprint density at radius 2 is 1.90 bits per heavy atom. The van der Waals surface area contributed by atoms with Gasteiger partial charge in [-0.15, -0.1) is 0 Å². The summed E-state index contributed by atoms with van der Waals surface area (Å²) in [5.74, 6) is -0.513. The molecule has 9 nitrogen and oxygen atoms in total. The minimum absolute atomic E-state index is 0.0415. The predicted molar refractivity (Wildman–Crippen MR) is 108 cm³/mol. The first-order valence-corrected chi connectivity index (χ1v) is 9.63. The zero-order valence-corrected chi connectivity index (χ0v) is 16.3. The van der Waals surface area contributed by atoms with Crippen molar-refractivity contribution in [3.05, 3.63) is 66.4 Å². The van der Waals surface area contributed by atoms with E-state index in [1.807, 2.05) is 24.3 Å². The summed E-state index contributed by atoms with van der Waals surface area (Å²) in [6, 6.07) is 12.5. The third-order valence-electron chi connectivity index (χ3n) is 4.60. The molecule has 1 aromatic carbocycles. The summed E-state index contributed by atoms with van der Waals surface area (Å²) in [6.07, 6.45) is 3.45. The molecule has 0 atom stereocenters. The second kappa shape index (κ2) is 9.27. The van der Waals surface area contributed by atoms with E-state index in [4.69, 9.17) is 13.9 Å². The van der Waals surface area contributed by atoms with Gasteiger partial charge in [0.2, 0.25) is 5.76 Å². The van der Waals surface area contributed by atoms with Crippen LogP contribution in [0.1, 0.15) is 16.3 Å². The molecule has 4 rings (SSSR count). The van der Waals surface area contributed by atoms with Crippen LogP contribution in [0.5, 0.6) is 0 Å². The van der Waals surface area contributed by atoms with Crippen molar-refractivity contribution in [3.63, 3.8) is 0 Å². The second-order valence-electron chi connectivity index (χ2n) is 6.74. The first-order valence-electron chi connectivity index (χ1n) is 9.63. The quantitative estimate of drug-likeness (QED) is 0.596. The van der Waals surface area contributed by atoms with Gasteiger partial charge in [-0.05, 0) is 42.5 Å². The Labute approximate surface area is 173 Å². The van der Waals surface area contributed by atoms with Crippen LogP contribution in [-0.4, -0.2) is 54.6 Å². The van der Waals surface area contributed by atoms with Crippen molar-refractivity contribution in [2.24, 2.45) is 0 Å². The van der Waals surface area contributed by atoms with Crippen LogP contribution in [-0.2, 0) is 20.8 Å². The fraction of sp³-hybridized carbons (Fsp3) is 0.286. The van der Waals surface area contributed by atoms with Crippen molar-refractivity contribution in [1.82, 2.24) is 9.78 Å². The summed E-state index contributed by atoms with van der Waals surface area (Å²) < 4.78 is 17.5. The Hall–Kier alpha value is -3.59. The smallest absolute Gasteiger partial charge is 0.374 e. The standard InChI is InChI=1S/C21H22N4O5/c26-20(23-16-2-4-17(5-3-16)24-10-12-28-13-11-24)15-29-21(27)19-7-6-18(30-19)14-25-9-1-8-22-25/h1-9H,10-15H2,(H,23,26). The maximum absolute atomic E-state index is 12.1. The number of carbonyl (C=O) groups excluding carboxylic acids is 2. The van der Waals surface area contributed by atoms with E-state index < -0.39 is 18.5 Å². The van der Waals surface area contributed by atoms with Crippen LogP contribution in [0.15, 0.2) is 59.3 Å². The van der Waals surface area contributed by atoms with Gasteiger partial charge in [-0.3, -0.25) is 9.48 Å². The van der Waals surface area contributed by atoms with Gasteiger partial charge in [0.05, 0.1) is 19.8 Å². The molecule has 0 saturated carbocycles. The first kappa shape index (κ1) is 19.7. The number of hydrogen-bond acceptors (Lipinski definition) is 7. The lowest BCUT2D eigenvalue weighted by Gasteiger charge is -2.28. The largest absolute Gasteiger partial charge is 0.452 e. The van der Waals surface area contributed by atoms with Gasteiger partial charge >= 0.3 is 5.97 Å². The Bertz CT molecular complexity index is 975. The molecule has 0 unspecified atom stereocenters. The number of morpholine rings is 1. The van der Waals surface area contributed by atoms with E-state index in [0.717, 1.165) is 18.8 Å². The molecule has 1 fully saturated rings. The highest BCUT2D eigenvalue weighted by atomic mass is 16.5. The third-order valence-corrected chi connectivity index (χ3v) is 4.60. The topological polar surface area (TPSA) is 98.8 Å². The minimum atomic E-state index is -0.695. The van der Waals surface area contributed by atoms with Gasteiger partial charge in [-0.1, -0.05) is 0 Å². The number of amides is 1. The Morgan fingerprint density at radius 3 is 2.63 bits per heavy atom. The molecule has 3 heterocycles. The molecule has 0 bridgehead atoms. The molecule has 1 saturated heterocycles. The molecule has 1 amide bonds. The fourth-order valence-electron chi connectivity index (χ4n) is 3.10. The Balaban J connectivity index is 1.24. The van der Waals surface area contributed by atoms with Gasteiger partial charge in [0, 0.05) is 36.9 Å². The van der Waals surface area contributed by atoms with Gasteiger partial charge in [0.15, 0.2) is 6.61 Å². The van der Waals surface area contributed by atoms with E-state index in [-0.39, 0.29) is 5.76 Å². The number of carbonyl (C=O) groups is 2. The van der Waals surface area contributed by atoms with Crippen LogP contribution in [0.4, 0.5) is 11.4 Å². The van der Waals surface area contributed by atoms with Crippen LogP contribution in [0.25, 0.3) is 0 Å². The molecule has 30 heavy (non-hydrogen) atoms. The number of esters is 1.